The van der Waals surface area contributed by atoms with Crippen LogP contribution in [0, 0.1) is 6.08 Å². The monoisotopic (exact) mass is 1590 g/mol. The molecular formula is C44H38Cl3FN14O28S8. The number of fused-ring (bicyclic) bond motifs is 4. The van der Waals surface area contributed by atoms with Crippen molar-refractivity contribution >= 4 is 174 Å². The van der Waals surface area contributed by atoms with E-state index in [0.717, 1.165) is 12.1 Å². The molecule has 2 aromatic heterocycles. The molecule has 0 bridgehead atoms. The highest BCUT2D eigenvalue weighted by Crippen LogP contribution is 2.49. The molecule has 0 amide bonds. The molecule has 0 spiro atoms. The lowest BCUT2D eigenvalue weighted by molar-refractivity contribution is 0.282. The second-order valence-electron chi connectivity index (χ2n) is 19.1. The Hall–Kier alpha value is -8.20. The van der Waals surface area contributed by atoms with Crippen molar-refractivity contribution in [3.8, 4) is 34.5 Å². The third-order valence-electron chi connectivity index (χ3n) is 12.5. The Bertz CT molecular complexity index is 5280. The van der Waals surface area contributed by atoms with Gasteiger partial charge in [-0.2, -0.15) is 84.8 Å². The maximum absolute atomic E-state index is 14.8. The third-order valence-corrected chi connectivity index (χ3v) is 21.2. The van der Waals surface area contributed by atoms with E-state index >= 15 is 0 Å². The molecule has 0 unspecified atom stereocenters. The lowest BCUT2D eigenvalue weighted by Gasteiger charge is -2.24. The Kier molecular flexibility index (Phi) is 20.8. The third kappa shape index (κ3) is 17.3. The quantitative estimate of drug-likeness (QED) is 0.0190. The smallest absolute Gasteiger partial charge is 0.397 e. The number of rotatable bonds is 28. The molecule has 2 aliphatic rings. The predicted octanol–water partition coefficient (Wildman–Crippen LogP) is 2.39. The average Bonchev–Trinajstić information content (AvgIpc) is 0.725. The van der Waals surface area contributed by atoms with Gasteiger partial charge in [0.15, 0.2) is 64.0 Å². The minimum atomic E-state index is -5.42. The fourth-order valence-electron chi connectivity index (χ4n) is 8.52. The molecule has 14 N–H and O–H groups in total. The van der Waals surface area contributed by atoms with Crippen LogP contribution in [0.15, 0.2) is 87.9 Å². The molecule has 98 heavy (non-hydrogen) atoms. The first kappa shape index (κ1) is 74.0. The Labute approximate surface area is 564 Å². The zero-order valence-corrected chi connectivity index (χ0v) is 56.2. The van der Waals surface area contributed by atoms with Crippen LogP contribution in [0.4, 0.5) is 62.3 Å². The zero-order chi connectivity index (χ0) is 72.2. The summed E-state index contributed by atoms with van der Waals surface area (Å²) in [6.45, 7) is -3.55. The molecule has 4 heterocycles. The number of sulfone groups is 2. The first-order valence-corrected chi connectivity index (χ1v) is 38.5. The van der Waals surface area contributed by atoms with Crippen LogP contribution in [0.3, 0.4) is 0 Å². The van der Waals surface area contributed by atoms with E-state index in [1.54, 1.807) is 0 Å². The topological polar surface area (TPSA) is 646 Å². The number of aromatic nitrogens is 6. The Morgan fingerprint density at radius 1 is 0.439 bits per heavy atom. The number of hydrogen-bond acceptors (Lipinski definition) is 36. The number of anilines is 8. The van der Waals surface area contributed by atoms with E-state index in [-0.39, 0.29) is 71.7 Å². The van der Waals surface area contributed by atoms with Crippen molar-refractivity contribution in [3.05, 3.63) is 80.7 Å². The van der Waals surface area contributed by atoms with Gasteiger partial charge in [-0.25, -0.2) is 35.2 Å². The number of aromatic hydroxyl groups is 2. The van der Waals surface area contributed by atoms with Crippen molar-refractivity contribution < 1.29 is 127 Å². The fourth-order valence-corrected chi connectivity index (χ4v) is 15.3. The zero-order valence-electron chi connectivity index (χ0n) is 47.4. The molecule has 0 aliphatic carbocycles. The van der Waals surface area contributed by atoms with E-state index in [9.17, 15) is 100 Å². The van der Waals surface area contributed by atoms with Crippen LogP contribution in [0.5, 0.6) is 34.5 Å². The summed E-state index contributed by atoms with van der Waals surface area (Å²) in [7, 11) is -41.1. The van der Waals surface area contributed by atoms with Crippen molar-refractivity contribution in [1.82, 2.24) is 29.9 Å². The molecule has 9 rings (SSSR count). The molecule has 5 aromatic carbocycles. The molecule has 0 atom stereocenters. The molecule has 0 saturated carbocycles. The van der Waals surface area contributed by atoms with E-state index in [2.05, 4.69) is 80.2 Å². The summed E-state index contributed by atoms with van der Waals surface area (Å²) in [6.07, 6.45) is -1.55. The lowest BCUT2D eigenvalue weighted by Crippen LogP contribution is -2.24. The summed E-state index contributed by atoms with van der Waals surface area (Å²) in [5.41, 5.74) is -2.99. The number of benzene rings is 5. The Balaban J connectivity index is 0.902. The van der Waals surface area contributed by atoms with E-state index < -0.39 is 220 Å². The molecule has 0 fully saturated rings. The molecule has 54 heteroatoms. The molecule has 7 aromatic rings. The van der Waals surface area contributed by atoms with E-state index in [4.69, 9.17) is 53.4 Å². The van der Waals surface area contributed by atoms with Gasteiger partial charge in [0, 0.05) is 26.2 Å². The van der Waals surface area contributed by atoms with Crippen molar-refractivity contribution in [2.75, 3.05) is 82.8 Å². The SMILES string of the molecule is O=S(=O)(O)OCCS(=O)(=O)c1cc(Nc2nc(F)nc(NCCNc3ccc4c(c3S(=O)(=O)O)Oc3c(Cl)c5c(c(Cl)c3=N4)Oc3c(ccc(NCCNc4nc(Cl)nc(Nc6cc(S(=O)(=O)CCOS(=O)(=O)O)cc(S(=O)(=O)O)c6O)n4)c3S(=O)(=O)O)N=5)n2)c(O)c(S(=O)(=O)O)c1. The van der Waals surface area contributed by atoms with Gasteiger partial charge in [0.1, 0.15) is 41.9 Å². The maximum Gasteiger partial charge on any atom is 0.397 e. The van der Waals surface area contributed by atoms with Crippen molar-refractivity contribution in [2.45, 2.75) is 29.4 Å². The van der Waals surface area contributed by atoms with Gasteiger partial charge in [0.05, 0.1) is 57.3 Å². The Morgan fingerprint density at radius 2 is 0.796 bits per heavy atom. The number of phenols is 2. The van der Waals surface area contributed by atoms with E-state index in [1.807, 2.05) is 0 Å². The average molecular weight is 1590 g/mol. The van der Waals surface area contributed by atoms with E-state index in [1.165, 1.54) is 12.1 Å². The number of phenolic OH excluding ortho intramolecular Hbond substituents is 2. The van der Waals surface area contributed by atoms with Crippen LogP contribution in [-0.4, -0.2) is 186 Å². The van der Waals surface area contributed by atoms with Gasteiger partial charge in [-0.05, 0) is 60.1 Å². The summed E-state index contributed by atoms with van der Waals surface area (Å²) in [4.78, 5) is 24.4. The van der Waals surface area contributed by atoms with Crippen LogP contribution in [0.1, 0.15) is 0 Å². The number of nitrogens with one attached hydrogen (secondary N) is 6. The van der Waals surface area contributed by atoms with Gasteiger partial charge in [-0.3, -0.25) is 27.3 Å². The highest BCUT2D eigenvalue weighted by atomic mass is 35.5. The maximum atomic E-state index is 14.8. The normalized spacial score (nSPS) is 13.2. The van der Waals surface area contributed by atoms with Gasteiger partial charge in [-0.1, -0.05) is 23.2 Å². The first-order valence-electron chi connectivity index (χ1n) is 25.6. The number of ether oxygens (including phenoxy) is 2. The number of hydrogen-bond donors (Lipinski definition) is 14. The van der Waals surface area contributed by atoms with Crippen molar-refractivity contribution in [3.63, 3.8) is 0 Å². The predicted molar refractivity (Wildman–Crippen MR) is 331 cm³/mol. The van der Waals surface area contributed by atoms with Gasteiger partial charge in [0.2, 0.25) is 29.1 Å². The highest BCUT2D eigenvalue weighted by molar-refractivity contribution is 7.92. The summed E-state index contributed by atoms with van der Waals surface area (Å²) < 4.78 is 289. The molecule has 2 aliphatic heterocycles. The van der Waals surface area contributed by atoms with Crippen LogP contribution in [-0.2, 0) is 89.3 Å². The second kappa shape index (κ2) is 27.5. The molecule has 0 radical (unpaired) electrons. The van der Waals surface area contributed by atoms with Crippen LogP contribution in [0.25, 0.3) is 0 Å². The van der Waals surface area contributed by atoms with Crippen molar-refractivity contribution in [2.24, 2.45) is 9.98 Å². The standard InChI is InChI=1S/C44H38Cl3FN14O28S8/c45-27-30-36(90-34-20(54-30)2-4-22(38(34)96(78,79)80)50-6-8-52-42-59-40(48)60-44(62-42)56-24-14-18(16-26(32(24)64)94(72,73)74)92(67,68)12-10-88-98(84,85)86)28(46)29-35(27)89-33-19(53-29)1-3-21(37(33)95(75,76)77)49-5-7-51-41-57-39(47)58-43(61-41)55-23-13-17(15-25(31(23)63)93(69,70)71)91(65,66)11-9-87-97(81,82)83/h1-4,13-16,49-50,63-64H,5-12H2,(H,69,70,71)(H,72,73,74)(H,75,76,77)(H,78,79,80)(H,81,82,83)(H,84,85,86)(H2,51,55,57,58,61)(H2,52,56,59,60,62). The summed E-state index contributed by atoms with van der Waals surface area (Å²) in [5, 5.41) is 34.2. The minimum Gasteiger partial charge on any atom is -0.504 e. The second-order valence-corrected chi connectivity index (χ2v) is 32.1. The summed E-state index contributed by atoms with van der Waals surface area (Å²) >= 11 is 19.7. The molecule has 42 nitrogen and oxygen atoms in total. The molecule has 528 valence electrons. The number of nitrogens with zero attached hydrogens (tertiary/aromatic N) is 8. The first-order chi connectivity index (χ1) is 45.3. The lowest BCUT2D eigenvalue weighted by atomic mass is 10.2. The minimum absolute atomic E-state index is 0.252. The van der Waals surface area contributed by atoms with Gasteiger partial charge in [-0.15, -0.1) is 0 Å². The highest BCUT2D eigenvalue weighted by Gasteiger charge is 2.36. The summed E-state index contributed by atoms with van der Waals surface area (Å²) in [6, 6.07) is 6.40. The van der Waals surface area contributed by atoms with Gasteiger partial charge < -0.3 is 51.6 Å². The molecular weight excluding hydrogens is 1550 g/mol. The summed E-state index contributed by atoms with van der Waals surface area (Å²) in [5.74, 6) is -9.67. The Morgan fingerprint density at radius 3 is 1.17 bits per heavy atom. The fraction of sp³-hybridized carbons (Fsp3) is 0.182. The van der Waals surface area contributed by atoms with Gasteiger partial charge in [0.25, 0.3) is 40.5 Å². The molecule has 0 saturated heterocycles. The van der Waals surface area contributed by atoms with Crippen LogP contribution < -0.4 is 52.1 Å². The van der Waals surface area contributed by atoms with E-state index in [0.29, 0.717) is 18.2 Å². The van der Waals surface area contributed by atoms with Crippen LogP contribution >= 0.6 is 34.8 Å². The van der Waals surface area contributed by atoms with Gasteiger partial charge >= 0.3 is 26.9 Å². The largest absolute Gasteiger partial charge is 0.504 e. The van der Waals surface area contributed by atoms with Crippen molar-refractivity contribution in [1.29, 1.82) is 0 Å². The van der Waals surface area contributed by atoms with Crippen LogP contribution in [0.2, 0.25) is 15.3 Å². The number of halogens is 4.